The Bertz CT molecular complexity index is 708. The number of halogens is 1. The SMILES string of the molecule is CC(=O)Nc1ccccc1OCc1cc(F)ccc1C#N. The normalized spacial score (nSPS) is 9.76. The predicted octanol–water partition coefficient (Wildman–Crippen LogP) is 3.23. The van der Waals surface area contributed by atoms with Crippen molar-refractivity contribution in [1.29, 1.82) is 5.26 Å². The van der Waals surface area contributed by atoms with Gasteiger partial charge in [-0.15, -0.1) is 0 Å². The van der Waals surface area contributed by atoms with Crippen molar-refractivity contribution in [2.75, 3.05) is 5.32 Å². The smallest absolute Gasteiger partial charge is 0.221 e. The molecule has 0 aliphatic rings. The molecule has 4 nitrogen and oxygen atoms in total. The molecular formula is C16H13FN2O2. The van der Waals surface area contributed by atoms with Gasteiger partial charge in [0.1, 0.15) is 18.2 Å². The van der Waals surface area contributed by atoms with Crippen molar-refractivity contribution >= 4 is 11.6 Å². The van der Waals surface area contributed by atoms with Crippen LogP contribution in [-0.2, 0) is 11.4 Å². The quantitative estimate of drug-likeness (QED) is 0.937. The Labute approximate surface area is 121 Å². The number of carbonyl (C=O) groups excluding carboxylic acids is 1. The molecule has 0 fully saturated rings. The summed E-state index contributed by atoms with van der Waals surface area (Å²) in [6.45, 7) is 1.44. The number of ether oxygens (including phenoxy) is 1. The van der Waals surface area contributed by atoms with E-state index in [1.54, 1.807) is 24.3 Å². The van der Waals surface area contributed by atoms with E-state index in [0.29, 0.717) is 22.6 Å². The van der Waals surface area contributed by atoms with E-state index in [-0.39, 0.29) is 12.5 Å². The average molecular weight is 284 g/mol. The molecule has 2 aromatic rings. The maximum Gasteiger partial charge on any atom is 0.221 e. The largest absolute Gasteiger partial charge is 0.487 e. The number of hydrogen-bond acceptors (Lipinski definition) is 3. The molecule has 0 aliphatic heterocycles. The number of benzene rings is 2. The molecule has 0 aromatic heterocycles. The predicted molar refractivity (Wildman–Crippen MR) is 76.2 cm³/mol. The molecule has 106 valence electrons. The molecule has 21 heavy (non-hydrogen) atoms. The van der Waals surface area contributed by atoms with Crippen LogP contribution < -0.4 is 10.1 Å². The van der Waals surface area contributed by atoms with Crippen molar-refractivity contribution < 1.29 is 13.9 Å². The van der Waals surface area contributed by atoms with E-state index in [9.17, 15) is 9.18 Å². The lowest BCUT2D eigenvalue weighted by atomic mass is 10.1. The third-order valence-electron chi connectivity index (χ3n) is 2.77. The van der Waals surface area contributed by atoms with Crippen LogP contribution in [0.2, 0.25) is 0 Å². The summed E-state index contributed by atoms with van der Waals surface area (Å²) in [5.74, 6) is -0.182. The number of carbonyl (C=O) groups is 1. The fourth-order valence-corrected chi connectivity index (χ4v) is 1.83. The molecule has 0 atom stereocenters. The van der Waals surface area contributed by atoms with Gasteiger partial charge in [-0.3, -0.25) is 4.79 Å². The van der Waals surface area contributed by atoms with Gasteiger partial charge < -0.3 is 10.1 Å². The highest BCUT2D eigenvalue weighted by molar-refractivity contribution is 5.90. The zero-order valence-electron chi connectivity index (χ0n) is 11.4. The first-order valence-electron chi connectivity index (χ1n) is 6.28. The van der Waals surface area contributed by atoms with Gasteiger partial charge in [0.15, 0.2) is 0 Å². The minimum Gasteiger partial charge on any atom is -0.487 e. The minimum absolute atomic E-state index is 0.0389. The summed E-state index contributed by atoms with van der Waals surface area (Å²) in [5, 5.41) is 11.6. The molecule has 0 bridgehead atoms. The van der Waals surface area contributed by atoms with E-state index in [1.165, 1.54) is 25.1 Å². The van der Waals surface area contributed by atoms with E-state index in [1.807, 2.05) is 6.07 Å². The highest BCUT2D eigenvalue weighted by atomic mass is 19.1. The highest BCUT2D eigenvalue weighted by Gasteiger charge is 2.08. The zero-order valence-corrected chi connectivity index (χ0v) is 11.4. The summed E-state index contributed by atoms with van der Waals surface area (Å²) in [6.07, 6.45) is 0. The van der Waals surface area contributed by atoms with Gasteiger partial charge in [-0.05, 0) is 30.3 Å². The Hall–Kier alpha value is -2.87. The lowest BCUT2D eigenvalue weighted by molar-refractivity contribution is -0.114. The molecule has 0 radical (unpaired) electrons. The Morgan fingerprint density at radius 1 is 1.33 bits per heavy atom. The van der Waals surface area contributed by atoms with Crippen molar-refractivity contribution in [1.82, 2.24) is 0 Å². The third-order valence-corrected chi connectivity index (χ3v) is 2.77. The summed E-state index contributed by atoms with van der Waals surface area (Å²) in [4.78, 5) is 11.1. The topological polar surface area (TPSA) is 62.1 Å². The maximum atomic E-state index is 13.2. The van der Waals surface area contributed by atoms with Crippen molar-refractivity contribution in [3.63, 3.8) is 0 Å². The van der Waals surface area contributed by atoms with Gasteiger partial charge in [-0.25, -0.2) is 4.39 Å². The van der Waals surface area contributed by atoms with Crippen LogP contribution in [0.1, 0.15) is 18.1 Å². The molecule has 0 saturated carbocycles. The van der Waals surface area contributed by atoms with Crippen molar-refractivity contribution in [2.45, 2.75) is 13.5 Å². The van der Waals surface area contributed by atoms with Crippen molar-refractivity contribution in [3.05, 3.63) is 59.4 Å². The Morgan fingerprint density at radius 3 is 2.81 bits per heavy atom. The Morgan fingerprint density at radius 2 is 2.10 bits per heavy atom. The van der Waals surface area contributed by atoms with Gasteiger partial charge in [0.25, 0.3) is 0 Å². The van der Waals surface area contributed by atoms with Gasteiger partial charge in [-0.2, -0.15) is 5.26 Å². The number of nitriles is 1. The molecule has 0 aliphatic carbocycles. The molecule has 0 saturated heterocycles. The van der Waals surface area contributed by atoms with E-state index in [0.717, 1.165) is 0 Å². The third kappa shape index (κ3) is 3.80. The maximum absolute atomic E-state index is 13.2. The van der Waals surface area contributed by atoms with Gasteiger partial charge in [0.2, 0.25) is 5.91 Å². The molecule has 1 amide bonds. The number of nitrogens with zero attached hydrogens (tertiary/aromatic N) is 1. The number of nitrogens with one attached hydrogen (secondary N) is 1. The summed E-state index contributed by atoms with van der Waals surface area (Å²) in [5.41, 5.74) is 1.34. The summed E-state index contributed by atoms with van der Waals surface area (Å²) < 4.78 is 18.8. The molecule has 2 aromatic carbocycles. The summed E-state index contributed by atoms with van der Waals surface area (Å²) in [7, 11) is 0. The van der Waals surface area contributed by atoms with Crippen LogP contribution in [0.25, 0.3) is 0 Å². The van der Waals surface area contributed by atoms with Crippen LogP contribution in [0.15, 0.2) is 42.5 Å². The summed E-state index contributed by atoms with van der Waals surface area (Å²) >= 11 is 0. The van der Waals surface area contributed by atoms with Gasteiger partial charge in [0, 0.05) is 12.5 Å². The molecule has 2 rings (SSSR count). The number of amides is 1. The number of rotatable bonds is 4. The van der Waals surface area contributed by atoms with Crippen molar-refractivity contribution in [3.8, 4) is 11.8 Å². The summed E-state index contributed by atoms with van der Waals surface area (Å²) in [6, 6.07) is 12.8. The second-order valence-corrected chi connectivity index (χ2v) is 4.38. The first kappa shape index (κ1) is 14.5. The second-order valence-electron chi connectivity index (χ2n) is 4.38. The fraction of sp³-hybridized carbons (Fsp3) is 0.125. The van der Waals surface area contributed by atoms with Gasteiger partial charge in [-0.1, -0.05) is 12.1 Å². The molecule has 0 spiro atoms. The van der Waals surface area contributed by atoms with Gasteiger partial charge in [0.05, 0.1) is 17.3 Å². The lowest BCUT2D eigenvalue weighted by Gasteiger charge is -2.12. The molecule has 1 N–H and O–H groups in total. The number of para-hydroxylation sites is 2. The van der Waals surface area contributed by atoms with E-state index < -0.39 is 5.82 Å². The molecular weight excluding hydrogens is 271 g/mol. The minimum atomic E-state index is -0.428. The Kier molecular flexibility index (Phi) is 4.52. The monoisotopic (exact) mass is 284 g/mol. The van der Waals surface area contributed by atoms with Crippen LogP contribution in [0.5, 0.6) is 5.75 Å². The second kappa shape index (κ2) is 6.53. The van der Waals surface area contributed by atoms with E-state index in [2.05, 4.69) is 5.32 Å². The molecule has 0 heterocycles. The number of hydrogen-bond donors (Lipinski definition) is 1. The zero-order chi connectivity index (χ0) is 15.2. The van der Waals surface area contributed by atoms with Crippen LogP contribution in [-0.4, -0.2) is 5.91 Å². The van der Waals surface area contributed by atoms with Gasteiger partial charge >= 0.3 is 0 Å². The van der Waals surface area contributed by atoms with E-state index in [4.69, 9.17) is 10.00 Å². The number of anilines is 1. The fourth-order valence-electron chi connectivity index (χ4n) is 1.83. The Balaban J connectivity index is 2.19. The first-order chi connectivity index (χ1) is 10.1. The van der Waals surface area contributed by atoms with Crippen LogP contribution >= 0.6 is 0 Å². The molecule has 5 heteroatoms. The highest BCUT2D eigenvalue weighted by Crippen LogP contribution is 2.25. The average Bonchev–Trinajstić information content (AvgIpc) is 2.46. The van der Waals surface area contributed by atoms with Crippen molar-refractivity contribution in [2.24, 2.45) is 0 Å². The van der Waals surface area contributed by atoms with E-state index >= 15 is 0 Å². The van der Waals surface area contributed by atoms with Crippen LogP contribution in [0.3, 0.4) is 0 Å². The van der Waals surface area contributed by atoms with Crippen LogP contribution in [0.4, 0.5) is 10.1 Å². The molecule has 0 unspecified atom stereocenters. The standard InChI is InChI=1S/C16H13FN2O2/c1-11(20)19-15-4-2-3-5-16(15)21-10-13-8-14(17)7-6-12(13)9-18/h2-8H,10H2,1H3,(H,19,20). The van der Waals surface area contributed by atoms with Crippen LogP contribution in [0, 0.1) is 17.1 Å². The lowest BCUT2D eigenvalue weighted by Crippen LogP contribution is -2.08. The first-order valence-corrected chi connectivity index (χ1v) is 6.28.